The molecule has 0 aliphatic carbocycles. The summed E-state index contributed by atoms with van der Waals surface area (Å²) in [6.45, 7) is 7.73. The Balaban J connectivity index is 1.63. The van der Waals surface area contributed by atoms with Gasteiger partial charge in [0.15, 0.2) is 11.4 Å². The van der Waals surface area contributed by atoms with Crippen LogP contribution in [-0.4, -0.2) is 42.3 Å². The third-order valence-electron chi connectivity index (χ3n) is 6.74. The molecule has 2 atom stereocenters. The largest absolute Gasteiger partial charge is 0.359 e. The molecule has 0 unspecified atom stereocenters. The second-order valence-corrected chi connectivity index (χ2v) is 9.10. The molecule has 2 aliphatic rings. The van der Waals surface area contributed by atoms with Gasteiger partial charge >= 0.3 is 0 Å². The van der Waals surface area contributed by atoms with Crippen LogP contribution in [0.2, 0.25) is 0 Å². The first-order chi connectivity index (χ1) is 16.1. The van der Waals surface area contributed by atoms with E-state index in [1.54, 1.807) is 0 Å². The lowest BCUT2D eigenvalue weighted by Crippen LogP contribution is -2.56. The normalized spacial score (nSPS) is 23.3. The second-order valence-electron chi connectivity index (χ2n) is 9.10. The van der Waals surface area contributed by atoms with Crippen molar-refractivity contribution in [3.8, 4) is 0 Å². The number of hydrogen-bond acceptors (Lipinski definition) is 6. The number of morpholine rings is 1. The maximum Gasteiger partial charge on any atom is 0.171 e. The zero-order chi connectivity index (χ0) is 22.7. The summed E-state index contributed by atoms with van der Waals surface area (Å²) >= 11 is 0. The Kier molecular flexibility index (Phi) is 6.29. The van der Waals surface area contributed by atoms with E-state index in [1.807, 2.05) is 6.07 Å². The van der Waals surface area contributed by atoms with E-state index in [0.717, 1.165) is 42.5 Å². The number of anilines is 3. The topological polar surface area (TPSA) is 62.3 Å². The summed E-state index contributed by atoms with van der Waals surface area (Å²) in [4.78, 5) is 12.6. The van der Waals surface area contributed by atoms with Crippen LogP contribution in [0.3, 0.4) is 0 Å². The van der Waals surface area contributed by atoms with Gasteiger partial charge in [-0.25, -0.2) is 9.97 Å². The molecular weight excluding hydrogens is 410 g/mol. The highest BCUT2D eigenvalue weighted by Crippen LogP contribution is 2.38. The molecule has 172 valence electrons. The van der Waals surface area contributed by atoms with Crippen molar-refractivity contribution in [3.05, 3.63) is 77.6 Å². The van der Waals surface area contributed by atoms with E-state index in [1.165, 1.54) is 24.8 Å². The maximum atomic E-state index is 6.58. The van der Waals surface area contributed by atoms with Crippen molar-refractivity contribution in [1.82, 2.24) is 15.3 Å². The summed E-state index contributed by atoms with van der Waals surface area (Å²) in [7, 11) is 0. The van der Waals surface area contributed by atoms with Gasteiger partial charge in [-0.05, 0) is 50.8 Å². The Labute approximate surface area is 196 Å². The molecule has 0 saturated carbocycles. The molecule has 33 heavy (non-hydrogen) atoms. The predicted molar refractivity (Wildman–Crippen MR) is 133 cm³/mol. The number of nitrogens with zero attached hydrogens (tertiary/aromatic N) is 3. The number of aromatic nitrogens is 2. The van der Waals surface area contributed by atoms with Crippen molar-refractivity contribution < 1.29 is 4.74 Å². The molecule has 1 aromatic heterocycles. The van der Waals surface area contributed by atoms with E-state index in [4.69, 9.17) is 14.7 Å². The van der Waals surface area contributed by atoms with E-state index >= 15 is 0 Å². The van der Waals surface area contributed by atoms with Crippen LogP contribution in [0, 0.1) is 6.92 Å². The summed E-state index contributed by atoms with van der Waals surface area (Å²) in [5.74, 6) is 2.46. The molecular formula is C27H33N5O. The van der Waals surface area contributed by atoms with E-state index in [-0.39, 0.29) is 6.04 Å². The third kappa shape index (κ3) is 4.45. The molecule has 0 spiro atoms. The monoisotopic (exact) mass is 443 g/mol. The molecule has 0 radical (unpaired) electrons. The quantitative estimate of drug-likeness (QED) is 0.592. The minimum Gasteiger partial charge on any atom is -0.359 e. The predicted octanol–water partition coefficient (Wildman–Crippen LogP) is 4.77. The van der Waals surface area contributed by atoms with Crippen LogP contribution in [0.4, 0.5) is 17.3 Å². The zero-order valence-corrected chi connectivity index (χ0v) is 19.6. The fourth-order valence-corrected chi connectivity index (χ4v) is 4.90. The highest BCUT2D eigenvalue weighted by molar-refractivity contribution is 5.60. The van der Waals surface area contributed by atoms with Gasteiger partial charge in [-0.15, -0.1) is 0 Å². The van der Waals surface area contributed by atoms with Crippen molar-refractivity contribution >= 4 is 17.3 Å². The van der Waals surface area contributed by atoms with Gasteiger partial charge < -0.3 is 20.3 Å². The van der Waals surface area contributed by atoms with E-state index in [2.05, 4.69) is 84.0 Å². The Morgan fingerprint density at radius 1 is 1.00 bits per heavy atom. The Morgan fingerprint density at radius 2 is 1.76 bits per heavy atom. The molecule has 2 aliphatic heterocycles. The number of benzene rings is 2. The summed E-state index contributed by atoms with van der Waals surface area (Å²) < 4.78 is 6.58. The maximum absolute atomic E-state index is 6.58. The summed E-state index contributed by atoms with van der Waals surface area (Å²) in [5.41, 5.74) is 2.56. The SMILES string of the molecule is Cc1ccc(Nc2cc(N3CCCCC3)nc([C@@]3(c4ccccc4)OCCN[C@@H]3C)n2)cc1. The molecule has 5 rings (SSSR count). The number of piperidine rings is 1. The minimum absolute atomic E-state index is 0.0254. The van der Waals surface area contributed by atoms with Crippen LogP contribution < -0.4 is 15.5 Å². The highest BCUT2D eigenvalue weighted by Gasteiger charge is 2.46. The molecule has 6 heteroatoms. The molecule has 0 bridgehead atoms. The van der Waals surface area contributed by atoms with Gasteiger partial charge in [-0.2, -0.15) is 0 Å². The van der Waals surface area contributed by atoms with E-state index in [9.17, 15) is 0 Å². The van der Waals surface area contributed by atoms with E-state index in [0.29, 0.717) is 12.4 Å². The van der Waals surface area contributed by atoms with Gasteiger partial charge in [0, 0.05) is 37.4 Å². The first-order valence-corrected chi connectivity index (χ1v) is 12.1. The second kappa shape index (κ2) is 9.49. The molecule has 0 amide bonds. The lowest BCUT2D eigenvalue weighted by atomic mass is 9.84. The van der Waals surface area contributed by atoms with Crippen LogP contribution in [0.25, 0.3) is 0 Å². The van der Waals surface area contributed by atoms with Gasteiger partial charge in [0.05, 0.1) is 6.61 Å². The molecule has 3 aromatic rings. The zero-order valence-electron chi connectivity index (χ0n) is 19.6. The summed E-state index contributed by atoms with van der Waals surface area (Å²) in [5, 5.41) is 7.13. The molecule has 2 N–H and O–H groups in total. The average Bonchev–Trinajstić information content (AvgIpc) is 2.87. The minimum atomic E-state index is -0.755. The Morgan fingerprint density at radius 3 is 2.48 bits per heavy atom. The number of rotatable bonds is 5. The van der Waals surface area contributed by atoms with Crippen molar-refractivity contribution in [2.75, 3.05) is 36.5 Å². The lowest BCUT2D eigenvalue weighted by molar-refractivity contribution is -0.0739. The van der Waals surface area contributed by atoms with Crippen LogP contribution in [0.5, 0.6) is 0 Å². The number of aryl methyl sites for hydroxylation is 1. The third-order valence-corrected chi connectivity index (χ3v) is 6.74. The molecule has 2 aromatic carbocycles. The smallest absolute Gasteiger partial charge is 0.171 e. The number of nitrogens with one attached hydrogen (secondary N) is 2. The average molecular weight is 444 g/mol. The van der Waals surface area contributed by atoms with Crippen molar-refractivity contribution in [3.63, 3.8) is 0 Å². The van der Waals surface area contributed by atoms with E-state index < -0.39 is 5.60 Å². The number of hydrogen-bond donors (Lipinski definition) is 2. The van der Waals surface area contributed by atoms with Gasteiger partial charge in [0.25, 0.3) is 0 Å². The number of ether oxygens (including phenoxy) is 1. The summed E-state index contributed by atoms with van der Waals surface area (Å²) in [6, 6.07) is 20.9. The Hall–Kier alpha value is -2.96. The molecule has 2 fully saturated rings. The van der Waals surface area contributed by atoms with Crippen molar-refractivity contribution in [2.45, 2.75) is 44.8 Å². The van der Waals surface area contributed by atoms with Gasteiger partial charge in [0.1, 0.15) is 11.6 Å². The van der Waals surface area contributed by atoms with Crippen molar-refractivity contribution in [1.29, 1.82) is 0 Å². The first kappa shape index (κ1) is 21.9. The van der Waals surface area contributed by atoms with Crippen LogP contribution >= 0.6 is 0 Å². The first-order valence-electron chi connectivity index (χ1n) is 12.1. The molecule has 3 heterocycles. The fraction of sp³-hybridized carbons (Fsp3) is 0.407. The van der Waals surface area contributed by atoms with Crippen LogP contribution in [0.15, 0.2) is 60.7 Å². The standard InChI is InChI=1S/C27H33N5O/c1-20-11-13-23(14-12-20)29-24-19-25(32-16-7-4-8-17-32)31-26(30-24)27(21(2)28-15-18-33-27)22-9-5-3-6-10-22/h3,5-6,9-14,19,21,28H,4,7-8,15-18H2,1-2H3,(H,29,30,31)/t21-,27-/m1/s1. The van der Waals surface area contributed by atoms with Crippen LogP contribution in [-0.2, 0) is 10.3 Å². The van der Waals surface area contributed by atoms with Crippen molar-refractivity contribution in [2.24, 2.45) is 0 Å². The lowest BCUT2D eigenvalue weighted by Gasteiger charge is -2.42. The van der Waals surface area contributed by atoms with Gasteiger partial charge in [-0.1, -0.05) is 48.0 Å². The van der Waals surface area contributed by atoms with Crippen LogP contribution in [0.1, 0.15) is 43.1 Å². The molecule has 6 nitrogen and oxygen atoms in total. The summed E-state index contributed by atoms with van der Waals surface area (Å²) in [6.07, 6.45) is 3.66. The Bertz CT molecular complexity index is 1070. The highest BCUT2D eigenvalue weighted by atomic mass is 16.5. The van der Waals surface area contributed by atoms with Gasteiger partial charge in [0.2, 0.25) is 0 Å². The fourth-order valence-electron chi connectivity index (χ4n) is 4.90. The van der Waals surface area contributed by atoms with Gasteiger partial charge in [-0.3, -0.25) is 0 Å². The molecule has 2 saturated heterocycles.